The van der Waals surface area contributed by atoms with E-state index in [4.69, 9.17) is 10.3 Å². The predicted molar refractivity (Wildman–Crippen MR) is 173 cm³/mol. The number of nitrogens with one attached hydrogen (secondary N) is 1. The molecule has 0 unspecified atom stereocenters. The van der Waals surface area contributed by atoms with Crippen molar-refractivity contribution in [1.29, 1.82) is 0 Å². The van der Waals surface area contributed by atoms with E-state index in [1.54, 1.807) is 0 Å². The van der Waals surface area contributed by atoms with E-state index in [-0.39, 0.29) is 20.4 Å². The van der Waals surface area contributed by atoms with Crippen molar-refractivity contribution in [2.24, 2.45) is 0 Å². The number of aryl methyl sites for hydroxylation is 3. The first kappa shape index (κ1) is 34.1. The Morgan fingerprint density at radius 2 is 0.878 bits per heavy atom. The molecule has 4 nitrogen and oxygen atoms in total. The molecule has 0 radical (unpaired) electrons. The first-order valence-electron chi connectivity index (χ1n) is 12.8. The normalized spacial score (nSPS) is 10.4. The summed E-state index contributed by atoms with van der Waals surface area (Å²) in [6.45, 7) is 6.67. The maximum Gasteiger partial charge on any atom is 0.261 e. The molecule has 0 saturated heterocycles. The molecule has 0 fully saturated rings. The molecule has 5 rings (SSSR count). The number of rotatable bonds is 4. The zero-order chi connectivity index (χ0) is 29.1. The van der Waals surface area contributed by atoms with Crippen LogP contribution in [0, 0.1) is 20.8 Å². The fourth-order valence-electron chi connectivity index (χ4n) is 4.18. The van der Waals surface area contributed by atoms with E-state index in [1.165, 1.54) is 32.6 Å². The maximum absolute atomic E-state index is 9.19. The molecule has 216 valence electrons. The molecule has 0 bridgehead atoms. The third-order valence-corrected chi connectivity index (χ3v) is 9.03. The summed E-state index contributed by atoms with van der Waals surface area (Å²) in [7, 11) is -4.18. The molecule has 0 spiro atoms. The monoisotopic (exact) mass is 674 g/mol. The summed E-state index contributed by atoms with van der Waals surface area (Å²) in [4.78, 5) is 0. The summed E-state index contributed by atoms with van der Waals surface area (Å²) < 4.78 is 25.9. The summed E-state index contributed by atoms with van der Waals surface area (Å²) in [5.74, 6) is 0. The second-order valence-corrected chi connectivity index (χ2v) is 12.9. The SMILES string of the molecule is CS(=O)(=O)O.Cc1ccccc1P(c1ccccc1C)c1ccccc1C.[NH-]c1ccccc1-c1ccccc1.[Pd]. The zero-order valence-electron chi connectivity index (χ0n) is 23.6. The summed E-state index contributed by atoms with van der Waals surface area (Å²) >= 11 is 0. The van der Waals surface area contributed by atoms with Gasteiger partial charge in [0, 0.05) is 20.4 Å². The van der Waals surface area contributed by atoms with E-state index >= 15 is 0 Å². The first-order chi connectivity index (χ1) is 19.1. The van der Waals surface area contributed by atoms with Crippen molar-refractivity contribution in [2.75, 3.05) is 6.26 Å². The molecule has 7 heteroatoms. The van der Waals surface area contributed by atoms with Crippen molar-refractivity contribution < 1.29 is 33.4 Å². The van der Waals surface area contributed by atoms with E-state index in [2.05, 4.69) is 93.6 Å². The molecule has 0 amide bonds. The molecule has 0 aromatic heterocycles. The summed E-state index contributed by atoms with van der Waals surface area (Å²) in [5.41, 5.74) is 14.5. The molecule has 5 aromatic carbocycles. The van der Waals surface area contributed by atoms with Gasteiger partial charge in [-0.25, -0.2) is 0 Å². The van der Waals surface area contributed by atoms with Gasteiger partial charge in [0.05, 0.1) is 6.26 Å². The second kappa shape index (κ2) is 16.4. The molecule has 0 heterocycles. The van der Waals surface area contributed by atoms with Gasteiger partial charge in [-0.05, 0) is 72.4 Å². The molecule has 0 atom stereocenters. The van der Waals surface area contributed by atoms with Crippen molar-refractivity contribution in [3.63, 3.8) is 0 Å². The van der Waals surface area contributed by atoms with Crippen molar-refractivity contribution >= 4 is 39.6 Å². The first-order valence-corrected chi connectivity index (χ1v) is 16.0. The Kier molecular flexibility index (Phi) is 13.6. The molecule has 41 heavy (non-hydrogen) atoms. The molecule has 5 aromatic rings. The van der Waals surface area contributed by atoms with Crippen LogP contribution in [0.15, 0.2) is 127 Å². The van der Waals surface area contributed by atoms with Crippen LogP contribution in [0.1, 0.15) is 16.7 Å². The Labute approximate surface area is 259 Å². The zero-order valence-corrected chi connectivity index (χ0v) is 26.8. The van der Waals surface area contributed by atoms with Crippen molar-refractivity contribution in [3.8, 4) is 11.1 Å². The molecule has 2 N–H and O–H groups in total. The Morgan fingerprint density at radius 3 is 1.24 bits per heavy atom. The van der Waals surface area contributed by atoms with Gasteiger partial charge in [0.15, 0.2) is 0 Å². The molecule has 0 saturated carbocycles. The van der Waals surface area contributed by atoms with Gasteiger partial charge in [0.1, 0.15) is 0 Å². The number of benzene rings is 5. The summed E-state index contributed by atoms with van der Waals surface area (Å²) in [6, 6.07) is 44.0. The van der Waals surface area contributed by atoms with Crippen LogP contribution >= 0.6 is 7.92 Å². The average Bonchev–Trinajstić information content (AvgIpc) is 2.92. The molecular formula is C34H35NO3PPdS-. The van der Waals surface area contributed by atoms with Gasteiger partial charge in [-0.2, -0.15) is 8.42 Å². The standard InChI is InChI=1S/C21H21P.C12H10N.CH4O3S.Pd/c1-16-10-4-7-13-19(16)22(20-14-8-5-11-17(20)2)21-15-9-6-12-18(21)3;13-12-9-5-4-8-11(12)10-6-2-1-3-7-10;1-5(2,3)4;/h4-15H,1-3H3;1-9,13H;1H3,(H,2,3,4);/q;-1;;. The number of hydrogen-bond donors (Lipinski definition) is 1. The van der Waals surface area contributed by atoms with Crippen LogP contribution in [0.3, 0.4) is 0 Å². The van der Waals surface area contributed by atoms with E-state index in [9.17, 15) is 8.42 Å². The van der Waals surface area contributed by atoms with E-state index < -0.39 is 18.0 Å². The third-order valence-electron chi connectivity index (χ3n) is 6.08. The van der Waals surface area contributed by atoms with Crippen molar-refractivity contribution in [2.45, 2.75) is 20.8 Å². The summed E-state index contributed by atoms with van der Waals surface area (Å²) in [5, 5.41) is 4.38. The van der Waals surface area contributed by atoms with Crippen LogP contribution in [-0.4, -0.2) is 19.2 Å². The average molecular weight is 675 g/mol. The van der Waals surface area contributed by atoms with Gasteiger partial charge in [-0.3, -0.25) is 4.55 Å². The van der Waals surface area contributed by atoms with E-state index in [1.807, 2.05) is 54.6 Å². The molecule has 0 aliphatic heterocycles. The van der Waals surface area contributed by atoms with Crippen LogP contribution in [-0.2, 0) is 30.5 Å². The minimum Gasteiger partial charge on any atom is -0.698 e. The van der Waals surface area contributed by atoms with Crippen LogP contribution in [0.25, 0.3) is 16.9 Å². The third kappa shape index (κ3) is 10.7. The number of hydrogen-bond acceptors (Lipinski definition) is 2. The van der Waals surface area contributed by atoms with Gasteiger partial charge in [0.2, 0.25) is 0 Å². The van der Waals surface area contributed by atoms with Crippen LogP contribution < -0.4 is 15.9 Å². The van der Waals surface area contributed by atoms with Crippen molar-refractivity contribution in [3.05, 3.63) is 150 Å². The van der Waals surface area contributed by atoms with Gasteiger partial charge >= 0.3 is 0 Å². The fourth-order valence-corrected chi connectivity index (χ4v) is 6.95. The topological polar surface area (TPSA) is 78.2 Å². The van der Waals surface area contributed by atoms with Gasteiger partial charge in [0.25, 0.3) is 10.1 Å². The Bertz CT molecular complexity index is 1530. The van der Waals surface area contributed by atoms with Crippen LogP contribution in [0.2, 0.25) is 0 Å². The maximum atomic E-state index is 9.19. The van der Waals surface area contributed by atoms with E-state index in [0.717, 1.165) is 11.1 Å². The van der Waals surface area contributed by atoms with Gasteiger partial charge in [-0.15, -0.1) is 5.69 Å². The Hall–Kier alpha value is -3.10. The summed E-state index contributed by atoms with van der Waals surface area (Å²) in [6.07, 6.45) is 0.715. The fraction of sp³-hybridized carbons (Fsp3) is 0.118. The molecule has 0 aliphatic rings. The predicted octanol–water partition coefficient (Wildman–Crippen LogP) is 7.91. The van der Waals surface area contributed by atoms with Crippen molar-refractivity contribution in [1.82, 2.24) is 0 Å². The molecule has 0 aliphatic carbocycles. The largest absolute Gasteiger partial charge is 0.698 e. The molecular weight excluding hydrogens is 640 g/mol. The van der Waals surface area contributed by atoms with E-state index in [0.29, 0.717) is 11.9 Å². The minimum atomic E-state index is -3.67. The second-order valence-electron chi connectivity index (χ2n) is 9.34. The quantitative estimate of drug-likeness (QED) is 0.120. The van der Waals surface area contributed by atoms with Gasteiger partial charge in [-0.1, -0.05) is 127 Å². The Morgan fingerprint density at radius 1 is 0.561 bits per heavy atom. The minimum absolute atomic E-state index is 0. The smallest absolute Gasteiger partial charge is 0.261 e. The van der Waals surface area contributed by atoms with Gasteiger partial charge < -0.3 is 5.73 Å². The van der Waals surface area contributed by atoms with Crippen LogP contribution in [0.4, 0.5) is 5.69 Å². The van der Waals surface area contributed by atoms with Crippen LogP contribution in [0.5, 0.6) is 0 Å². The Balaban J connectivity index is 0.000000262.